The van der Waals surface area contributed by atoms with Crippen LogP contribution in [-0.2, 0) is 4.79 Å². The van der Waals surface area contributed by atoms with Gasteiger partial charge in [-0.15, -0.1) is 16.8 Å². The third-order valence-corrected chi connectivity index (χ3v) is 4.82. The standard InChI is InChI=1S/C15H15N5OS2/c1-3-8-17-14-19-20-15(23-14)22-10(2)13(21)18-12-7-5-4-6-11(12)9-16/h3-7,10H,1,8H2,2H3,(H,17,19)(H,18,21). The Hall–Kier alpha value is -2.37. The number of hydrogen-bond donors (Lipinski definition) is 2. The normalized spacial score (nSPS) is 11.3. The highest BCUT2D eigenvalue weighted by atomic mass is 32.2. The Labute approximate surface area is 142 Å². The molecule has 0 aliphatic carbocycles. The summed E-state index contributed by atoms with van der Waals surface area (Å²) in [5.74, 6) is -0.187. The Bertz CT molecular complexity index is 737. The van der Waals surface area contributed by atoms with Crippen LogP contribution in [0.5, 0.6) is 0 Å². The molecule has 1 aromatic carbocycles. The van der Waals surface area contributed by atoms with Crippen LogP contribution in [0.15, 0.2) is 41.3 Å². The van der Waals surface area contributed by atoms with Crippen LogP contribution in [0.1, 0.15) is 12.5 Å². The maximum absolute atomic E-state index is 12.2. The molecule has 0 saturated heterocycles. The molecule has 1 amide bonds. The van der Waals surface area contributed by atoms with Crippen molar-refractivity contribution < 1.29 is 4.79 Å². The van der Waals surface area contributed by atoms with Crippen LogP contribution >= 0.6 is 23.1 Å². The van der Waals surface area contributed by atoms with Crippen molar-refractivity contribution in [1.29, 1.82) is 5.26 Å². The van der Waals surface area contributed by atoms with Gasteiger partial charge in [0.15, 0.2) is 4.34 Å². The lowest BCUT2D eigenvalue weighted by Crippen LogP contribution is -2.22. The molecule has 118 valence electrons. The molecule has 0 radical (unpaired) electrons. The van der Waals surface area contributed by atoms with Crippen molar-refractivity contribution in [2.45, 2.75) is 16.5 Å². The monoisotopic (exact) mass is 345 g/mol. The van der Waals surface area contributed by atoms with E-state index in [9.17, 15) is 4.79 Å². The third-order valence-electron chi connectivity index (χ3n) is 2.76. The zero-order valence-electron chi connectivity index (χ0n) is 12.4. The minimum atomic E-state index is -0.359. The quantitative estimate of drug-likeness (QED) is 0.592. The number of nitrogens with one attached hydrogen (secondary N) is 2. The zero-order valence-corrected chi connectivity index (χ0v) is 14.1. The molecule has 0 aliphatic rings. The van der Waals surface area contributed by atoms with Crippen molar-refractivity contribution in [3.8, 4) is 6.07 Å². The van der Waals surface area contributed by atoms with Gasteiger partial charge >= 0.3 is 0 Å². The summed E-state index contributed by atoms with van der Waals surface area (Å²) in [7, 11) is 0. The molecule has 0 spiro atoms. The average molecular weight is 345 g/mol. The SMILES string of the molecule is C=CCNc1nnc(SC(C)C(=O)Nc2ccccc2C#N)s1. The van der Waals surface area contributed by atoms with E-state index in [4.69, 9.17) is 5.26 Å². The fraction of sp³-hybridized carbons (Fsp3) is 0.200. The van der Waals surface area contributed by atoms with Crippen molar-refractivity contribution >= 4 is 39.8 Å². The summed E-state index contributed by atoms with van der Waals surface area (Å²) in [6.07, 6.45) is 1.73. The number of amides is 1. The molecule has 1 unspecified atom stereocenters. The number of nitrogens with zero attached hydrogens (tertiary/aromatic N) is 3. The lowest BCUT2D eigenvalue weighted by atomic mass is 10.2. The van der Waals surface area contributed by atoms with E-state index in [2.05, 4.69) is 33.5 Å². The van der Waals surface area contributed by atoms with E-state index in [1.54, 1.807) is 37.3 Å². The van der Waals surface area contributed by atoms with Crippen LogP contribution in [-0.4, -0.2) is 27.9 Å². The molecule has 2 rings (SSSR count). The maximum atomic E-state index is 12.2. The zero-order chi connectivity index (χ0) is 16.7. The summed E-state index contributed by atoms with van der Waals surface area (Å²) >= 11 is 2.70. The molecule has 0 fully saturated rings. The fourth-order valence-electron chi connectivity index (χ4n) is 1.62. The van der Waals surface area contributed by atoms with Gasteiger partial charge < -0.3 is 10.6 Å². The van der Waals surface area contributed by atoms with E-state index >= 15 is 0 Å². The number of hydrogen-bond acceptors (Lipinski definition) is 7. The number of carbonyl (C=O) groups excluding carboxylic acids is 1. The van der Waals surface area contributed by atoms with Crippen LogP contribution < -0.4 is 10.6 Å². The molecule has 0 aliphatic heterocycles. The van der Waals surface area contributed by atoms with Gasteiger partial charge in [0.2, 0.25) is 11.0 Å². The lowest BCUT2D eigenvalue weighted by molar-refractivity contribution is -0.115. The number of para-hydroxylation sites is 1. The van der Waals surface area contributed by atoms with Crippen LogP contribution in [0.3, 0.4) is 0 Å². The summed E-state index contributed by atoms with van der Waals surface area (Å²) in [6.45, 7) is 6.02. The molecular formula is C15H15N5OS2. The number of anilines is 2. The average Bonchev–Trinajstić information content (AvgIpc) is 3.00. The molecule has 2 aromatic rings. The summed E-state index contributed by atoms with van der Waals surface area (Å²) in [5, 5.41) is 23.2. The molecule has 1 aromatic heterocycles. The van der Waals surface area contributed by atoms with Crippen molar-refractivity contribution in [3.05, 3.63) is 42.5 Å². The number of nitriles is 1. The molecule has 1 atom stereocenters. The van der Waals surface area contributed by atoms with Crippen LogP contribution in [0.2, 0.25) is 0 Å². The first-order valence-electron chi connectivity index (χ1n) is 6.79. The van der Waals surface area contributed by atoms with Crippen LogP contribution in [0.25, 0.3) is 0 Å². The Kier molecular flexibility index (Phi) is 6.14. The Morgan fingerprint density at radius 2 is 2.30 bits per heavy atom. The smallest absolute Gasteiger partial charge is 0.237 e. The van der Waals surface area contributed by atoms with E-state index < -0.39 is 0 Å². The summed E-state index contributed by atoms with van der Waals surface area (Å²) < 4.78 is 0.702. The predicted molar refractivity (Wildman–Crippen MR) is 93.7 cm³/mol. The second-order valence-corrected chi connectivity index (χ2v) is 7.01. The van der Waals surface area contributed by atoms with E-state index in [0.717, 1.165) is 0 Å². The number of aromatic nitrogens is 2. The molecule has 0 saturated carbocycles. The van der Waals surface area contributed by atoms with Gasteiger partial charge in [-0.25, -0.2) is 0 Å². The van der Waals surface area contributed by atoms with E-state index in [-0.39, 0.29) is 11.2 Å². The first-order chi connectivity index (χ1) is 11.1. The molecule has 1 heterocycles. The second kappa shape index (κ2) is 8.31. The van der Waals surface area contributed by atoms with E-state index in [1.165, 1.54) is 23.1 Å². The van der Waals surface area contributed by atoms with Gasteiger partial charge in [0.1, 0.15) is 6.07 Å². The van der Waals surface area contributed by atoms with Gasteiger partial charge in [0, 0.05) is 6.54 Å². The van der Waals surface area contributed by atoms with Gasteiger partial charge in [-0.3, -0.25) is 4.79 Å². The number of carbonyl (C=O) groups is 1. The van der Waals surface area contributed by atoms with Crippen LogP contribution in [0, 0.1) is 11.3 Å². The highest BCUT2D eigenvalue weighted by Crippen LogP contribution is 2.29. The minimum absolute atomic E-state index is 0.187. The maximum Gasteiger partial charge on any atom is 0.237 e. The predicted octanol–water partition coefficient (Wildman–Crippen LogP) is 3.13. The minimum Gasteiger partial charge on any atom is -0.357 e. The highest BCUT2D eigenvalue weighted by molar-refractivity contribution is 8.02. The number of thioether (sulfide) groups is 1. The first-order valence-corrected chi connectivity index (χ1v) is 8.48. The highest BCUT2D eigenvalue weighted by Gasteiger charge is 2.18. The summed E-state index contributed by atoms with van der Waals surface area (Å²) in [4.78, 5) is 12.2. The van der Waals surface area contributed by atoms with Crippen LogP contribution in [0.4, 0.5) is 10.8 Å². The molecule has 0 bridgehead atoms. The van der Waals surface area contributed by atoms with Crippen molar-refractivity contribution in [3.63, 3.8) is 0 Å². The van der Waals surface area contributed by atoms with E-state index in [0.29, 0.717) is 27.3 Å². The fourth-order valence-corrected chi connectivity index (χ4v) is 3.52. The number of benzene rings is 1. The summed E-state index contributed by atoms with van der Waals surface area (Å²) in [5.41, 5.74) is 0.947. The molecule has 6 nitrogen and oxygen atoms in total. The van der Waals surface area contributed by atoms with Crippen molar-refractivity contribution in [2.24, 2.45) is 0 Å². The second-order valence-electron chi connectivity index (χ2n) is 4.45. The first kappa shape index (κ1) is 17.0. The van der Waals surface area contributed by atoms with Gasteiger partial charge in [0.05, 0.1) is 16.5 Å². The largest absolute Gasteiger partial charge is 0.357 e. The molecular weight excluding hydrogens is 330 g/mol. The Morgan fingerprint density at radius 3 is 3.04 bits per heavy atom. The van der Waals surface area contributed by atoms with E-state index in [1.807, 2.05) is 0 Å². The van der Waals surface area contributed by atoms with Crippen molar-refractivity contribution in [1.82, 2.24) is 10.2 Å². The van der Waals surface area contributed by atoms with Gasteiger partial charge in [-0.2, -0.15) is 5.26 Å². The Balaban J connectivity index is 1.96. The van der Waals surface area contributed by atoms with Gasteiger partial charge in [-0.1, -0.05) is 41.3 Å². The lowest BCUT2D eigenvalue weighted by Gasteiger charge is -2.11. The van der Waals surface area contributed by atoms with Crippen molar-refractivity contribution in [2.75, 3.05) is 17.2 Å². The molecule has 23 heavy (non-hydrogen) atoms. The van der Waals surface area contributed by atoms with Gasteiger partial charge in [-0.05, 0) is 19.1 Å². The summed E-state index contributed by atoms with van der Waals surface area (Å²) in [6, 6.07) is 8.95. The van der Waals surface area contributed by atoms with Gasteiger partial charge in [0.25, 0.3) is 0 Å². The molecule has 8 heteroatoms. The topological polar surface area (TPSA) is 90.7 Å². The number of rotatable bonds is 7. The molecule has 2 N–H and O–H groups in total. The Morgan fingerprint density at radius 1 is 1.52 bits per heavy atom. The third kappa shape index (κ3) is 4.81.